The lowest BCUT2D eigenvalue weighted by molar-refractivity contribution is 0.227. The minimum atomic E-state index is 0.327. The standard InChI is InChI=1S/C16H20N4OS/c1-4-6-19(7-5-17)11-20-16(22)21-15(18-20)14-9-12(2)8-13(3)10-14/h8-10H,4,6-7,11H2,1-3H3. The van der Waals surface area contributed by atoms with Crippen LogP contribution >= 0.6 is 12.2 Å². The minimum absolute atomic E-state index is 0.327. The Bertz CT molecular complexity index is 721. The van der Waals surface area contributed by atoms with Crippen LogP contribution in [0.15, 0.2) is 22.6 Å². The second-order valence-corrected chi connectivity index (χ2v) is 5.75. The lowest BCUT2D eigenvalue weighted by atomic mass is 10.1. The summed E-state index contributed by atoms with van der Waals surface area (Å²) in [5.74, 6) is 0.519. The molecule has 22 heavy (non-hydrogen) atoms. The Labute approximate surface area is 135 Å². The summed E-state index contributed by atoms with van der Waals surface area (Å²) in [5.41, 5.74) is 3.23. The third kappa shape index (κ3) is 4.03. The first-order valence-corrected chi connectivity index (χ1v) is 7.70. The van der Waals surface area contributed by atoms with E-state index in [0.29, 0.717) is 23.9 Å². The number of aryl methyl sites for hydroxylation is 2. The molecule has 0 amide bonds. The zero-order chi connectivity index (χ0) is 16.1. The van der Waals surface area contributed by atoms with E-state index in [9.17, 15) is 0 Å². The van der Waals surface area contributed by atoms with Crippen molar-refractivity contribution >= 4 is 12.2 Å². The number of rotatable bonds is 6. The van der Waals surface area contributed by atoms with E-state index in [2.05, 4.69) is 24.2 Å². The van der Waals surface area contributed by atoms with Gasteiger partial charge in [0.05, 0.1) is 19.3 Å². The fraction of sp³-hybridized carbons (Fsp3) is 0.438. The molecule has 0 fully saturated rings. The van der Waals surface area contributed by atoms with E-state index in [-0.39, 0.29) is 0 Å². The molecule has 1 aromatic carbocycles. The average molecular weight is 316 g/mol. The first-order chi connectivity index (χ1) is 10.5. The van der Waals surface area contributed by atoms with Crippen molar-refractivity contribution in [2.75, 3.05) is 13.1 Å². The van der Waals surface area contributed by atoms with Crippen molar-refractivity contribution in [3.63, 3.8) is 0 Å². The maximum atomic E-state index is 8.88. The van der Waals surface area contributed by atoms with Gasteiger partial charge < -0.3 is 4.42 Å². The van der Waals surface area contributed by atoms with Crippen LogP contribution in [0.4, 0.5) is 0 Å². The molecule has 2 rings (SSSR count). The molecular weight excluding hydrogens is 296 g/mol. The summed E-state index contributed by atoms with van der Waals surface area (Å²) in [7, 11) is 0. The summed E-state index contributed by atoms with van der Waals surface area (Å²) >= 11 is 5.25. The Balaban J connectivity index is 2.28. The number of hydrogen-bond donors (Lipinski definition) is 0. The molecule has 116 valence electrons. The normalized spacial score (nSPS) is 10.9. The number of nitrogens with zero attached hydrogens (tertiary/aromatic N) is 4. The summed E-state index contributed by atoms with van der Waals surface area (Å²) in [6.07, 6.45) is 0.969. The van der Waals surface area contributed by atoms with Crippen LogP contribution in [-0.2, 0) is 6.67 Å². The van der Waals surface area contributed by atoms with Gasteiger partial charge in [0.15, 0.2) is 0 Å². The molecule has 0 spiro atoms. The molecule has 0 saturated carbocycles. The number of aromatic nitrogens is 2. The van der Waals surface area contributed by atoms with Crippen LogP contribution in [-0.4, -0.2) is 27.8 Å². The maximum absolute atomic E-state index is 8.88. The second-order valence-electron chi connectivity index (χ2n) is 5.40. The molecule has 5 nitrogen and oxygen atoms in total. The Morgan fingerprint density at radius 1 is 1.32 bits per heavy atom. The monoisotopic (exact) mass is 316 g/mol. The highest BCUT2D eigenvalue weighted by molar-refractivity contribution is 7.71. The van der Waals surface area contributed by atoms with Crippen LogP contribution < -0.4 is 0 Å². The average Bonchev–Trinajstić information content (AvgIpc) is 2.80. The third-order valence-electron chi connectivity index (χ3n) is 3.24. The van der Waals surface area contributed by atoms with Crippen LogP contribution in [0.2, 0.25) is 0 Å². The summed E-state index contributed by atoms with van der Waals surface area (Å²) < 4.78 is 7.26. The molecular formula is C16H20N4OS. The van der Waals surface area contributed by atoms with Crippen LogP contribution in [0.1, 0.15) is 24.5 Å². The predicted molar refractivity (Wildman–Crippen MR) is 87.7 cm³/mol. The SMILES string of the molecule is CCCN(CC#N)Cn1nc(-c2cc(C)cc(C)c2)oc1=S. The van der Waals surface area contributed by atoms with E-state index in [4.69, 9.17) is 21.9 Å². The van der Waals surface area contributed by atoms with Crippen LogP contribution in [0.3, 0.4) is 0 Å². The van der Waals surface area contributed by atoms with E-state index < -0.39 is 0 Å². The van der Waals surface area contributed by atoms with Crippen molar-refractivity contribution in [1.29, 1.82) is 5.26 Å². The molecule has 2 aromatic rings. The molecule has 0 radical (unpaired) electrons. The lowest BCUT2D eigenvalue weighted by Gasteiger charge is -2.16. The van der Waals surface area contributed by atoms with Gasteiger partial charge in [0.25, 0.3) is 4.84 Å². The Hall–Kier alpha value is -1.97. The molecule has 0 unspecified atom stereocenters. The molecule has 6 heteroatoms. The van der Waals surface area contributed by atoms with E-state index in [1.54, 1.807) is 4.68 Å². The van der Waals surface area contributed by atoms with Gasteiger partial charge in [-0.2, -0.15) is 5.26 Å². The van der Waals surface area contributed by atoms with Gasteiger partial charge in [-0.15, -0.1) is 5.10 Å². The van der Waals surface area contributed by atoms with Crippen LogP contribution in [0.25, 0.3) is 11.5 Å². The zero-order valence-electron chi connectivity index (χ0n) is 13.2. The lowest BCUT2D eigenvalue weighted by Crippen LogP contribution is -2.28. The summed E-state index contributed by atoms with van der Waals surface area (Å²) in [4.78, 5) is 2.32. The van der Waals surface area contributed by atoms with Crippen molar-refractivity contribution in [2.45, 2.75) is 33.9 Å². The van der Waals surface area contributed by atoms with E-state index in [1.165, 1.54) is 0 Å². The largest absolute Gasteiger partial charge is 0.409 e. The van der Waals surface area contributed by atoms with Crippen LogP contribution in [0, 0.1) is 30.0 Å². The van der Waals surface area contributed by atoms with Gasteiger partial charge in [0.1, 0.15) is 0 Å². The quantitative estimate of drug-likeness (QED) is 0.601. The van der Waals surface area contributed by atoms with Gasteiger partial charge in [-0.3, -0.25) is 4.90 Å². The molecule has 0 N–H and O–H groups in total. The second kappa shape index (κ2) is 7.34. The maximum Gasteiger partial charge on any atom is 0.288 e. The Morgan fingerprint density at radius 2 is 2.00 bits per heavy atom. The van der Waals surface area contributed by atoms with Gasteiger partial charge in [-0.05, 0) is 44.6 Å². The fourth-order valence-corrected chi connectivity index (χ4v) is 2.59. The van der Waals surface area contributed by atoms with E-state index in [1.807, 2.05) is 30.9 Å². The molecule has 0 bridgehead atoms. The third-order valence-corrected chi connectivity index (χ3v) is 3.54. The highest BCUT2D eigenvalue weighted by atomic mass is 32.1. The first-order valence-electron chi connectivity index (χ1n) is 7.29. The number of benzene rings is 1. The van der Waals surface area contributed by atoms with E-state index >= 15 is 0 Å². The highest BCUT2D eigenvalue weighted by Gasteiger charge is 2.12. The van der Waals surface area contributed by atoms with Gasteiger partial charge in [0, 0.05) is 12.1 Å². The topological polar surface area (TPSA) is 58.0 Å². The molecule has 0 aliphatic carbocycles. The van der Waals surface area contributed by atoms with Crippen molar-refractivity contribution in [3.05, 3.63) is 34.2 Å². The highest BCUT2D eigenvalue weighted by Crippen LogP contribution is 2.21. The fourth-order valence-electron chi connectivity index (χ4n) is 2.42. The van der Waals surface area contributed by atoms with Gasteiger partial charge in [-0.25, -0.2) is 4.68 Å². The molecule has 0 saturated heterocycles. The molecule has 0 atom stereocenters. The first kappa shape index (κ1) is 16.4. The Morgan fingerprint density at radius 3 is 2.59 bits per heavy atom. The van der Waals surface area contributed by atoms with E-state index in [0.717, 1.165) is 29.7 Å². The van der Waals surface area contributed by atoms with Gasteiger partial charge in [-0.1, -0.05) is 24.1 Å². The van der Waals surface area contributed by atoms with Crippen molar-refractivity contribution in [3.8, 4) is 17.5 Å². The summed E-state index contributed by atoms with van der Waals surface area (Å²) in [5, 5.41) is 13.3. The van der Waals surface area contributed by atoms with Crippen LogP contribution in [0.5, 0.6) is 0 Å². The number of hydrogen-bond acceptors (Lipinski definition) is 5. The zero-order valence-corrected chi connectivity index (χ0v) is 14.0. The Kier molecular flexibility index (Phi) is 5.47. The van der Waals surface area contributed by atoms with Crippen molar-refractivity contribution in [2.24, 2.45) is 0 Å². The van der Waals surface area contributed by atoms with Gasteiger partial charge in [0.2, 0.25) is 5.89 Å². The van der Waals surface area contributed by atoms with Crippen molar-refractivity contribution in [1.82, 2.24) is 14.7 Å². The predicted octanol–water partition coefficient (Wildman–Crippen LogP) is 3.68. The molecule has 0 aliphatic rings. The number of nitriles is 1. The molecule has 0 aliphatic heterocycles. The summed E-state index contributed by atoms with van der Waals surface area (Å²) in [6.45, 7) is 7.79. The minimum Gasteiger partial charge on any atom is -0.409 e. The summed E-state index contributed by atoms with van der Waals surface area (Å²) in [6, 6.07) is 8.32. The van der Waals surface area contributed by atoms with Gasteiger partial charge >= 0.3 is 0 Å². The molecule has 1 aromatic heterocycles. The smallest absolute Gasteiger partial charge is 0.288 e. The molecule has 1 heterocycles. The van der Waals surface area contributed by atoms with Crippen molar-refractivity contribution < 1.29 is 4.42 Å².